The van der Waals surface area contributed by atoms with Gasteiger partial charge in [0, 0.05) is 18.8 Å². The third kappa shape index (κ3) is 4.23. The Morgan fingerprint density at radius 2 is 1.88 bits per heavy atom. The van der Waals surface area contributed by atoms with Gasteiger partial charge in [-0.25, -0.2) is 0 Å². The molecular weight excluding hydrogens is 198 g/mol. The Kier molecular flexibility index (Phi) is 5.94. The summed E-state index contributed by atoms with van der Waals surface area (Å²) in [7, 11) is 0. The molecule has 0 radical (unpaired) electrons. The predicted octanol–water partition coefficient (Wildman–Crippen LogP) is 3.06. The third-order valence-electron chi connectivity index (χ3n) is 2.94. The number of aliphatic hydroxyl groups excluding tert-OH is 1. The fraction of sp³-hybridized carbons (Fsp3) is 0.571. The fourth-order valence-electron chi connectivity index (χ4n) is 1.83. The monoisotopic (exact) mass is 221 g/mol. The van der Waals surface area contributed by atoms with Gasteiger partial charge >= 0.3 is 0 Å². The van der Waals surface area contributed by atoms with Crippen molar-refractivity contribution in [2.45, 2.75) is 39.2 Å². The SMILES string of the molecule is CCC(O)CCCN(CC)c1ccccc1. The molecule has 1 aromatic rings. The summed E-state index contributed by atoms with van der Waals surface area (Å²) in [4.78, 5) is 2.35. The Morgan fingerprint density at radius 3 is 2.44 bits per heavy atom. The molecule has 0 bridgehead atoms. The Bertz CT molecular complexity index is 273. The van der Waals surface area contributed by atoms with E-state index in [1.165, 1.54) is 5.69 Å². The topological polar surface area (TPSA) is 23.5 Å². The van der Waals surface area contributed by atoms with Crippen LogP contribution < -0.4 is 4.90 Å². The average Bonchev–Trinajstić information content (AvgIpc) is 2.35. The Balaban J connectivity index is 2.38. The quantitative estimate of drug-likeness (QED) is 0.765. The molecule has 0 saturated heterocycles. The van der Waals surface area contributed by atoms with Gasteiger partial charge in [-0.15, -0.1) is 0 Å². The lowest BCUT2D eigenvalue weighted by Gasteiger charge is -2.23. The van der Waals surface area contributed by atoms with E-state index in [4.69, 9.17) is 0 Å². The van der Waals surface area contributed by atoms with E-state index in [1.807, 2.05) is 13.0 Å². The number of nitrogens with zero attached hydrogens (tertiary/aromatic N) is 1. The van der Waals surface area contributed by atoms with Crippen molar-refractivity contribution >= 4 is 5.69 Å². The van der Waals surface area contributed by atoms with Gasteiger partial charge in [0.15, 0.2) is 0 Å². The normalized spacial score (nSPS) is 12.4. The molecule has 0 fully saturated rings. The van der Waals surface area contributed by atoms with Gasteiger partial charge in [0.2, 0.25) is 0 Å². The van der Waals surface area contributed by atoms with Crippen molar-refractivity contribution < 1.29 is 5.11 Å². The minimum Gasteiger partial charge on any atom is -0.393 e. The minimum atomic E-state index is -0.130. The number of aliphatic hydroxyl groups is 1. The number of anilines is 1. The highest BCUT2D eigenvalue weighted by atomic mass is 16.3. The van der Waals surface area contributed by atoms with E-state index in [1.54, 1.807) is 0 Å². The summed E-state index contributed by atoms with van der Waals surface area (Å²) in [5.74, 6) is 0. The van der Waals surface area contributed by atoms with Crippen molar-refractivity contribution in [1.82, 2.24) is 0 Å². The molecule has 90 valence electrons. The number of benzene rings is 1. The summed E-state index contributed by atoms with van der Waals surface area (Å²) in [5, 5.41) is 9.50. The highest BCUT2D eigenvalue weighted by Gasteiger charge is 2.05. The van der Waals surface area contributed by atoms with Crippen molar-refractivity contribution in [2.75, 3.05) is 18.0 Å². The third-order valence-corrected chi connectivity index (χ3v) is 2.94. The second-order valence-electron chi connectivity index (χ2n) is 4.12. The van der Waals surface area contributed by atoms with Crippen molar-refractivity contribution in [2.24, 2.45) is 0 Å². The molecule has 1 N–H and O–H groups in total. The molecule has 2 heteroatoms. The first-order valence-corrected chi connectivity index (χ1v) is 6.26. The zero-order valence-corrected chi connectivity index (χ0v) is 10.4. The van der Waals surface area contributed by atoms with Crippen LogP contribution >= 0.6 is 0 Å². The first kappa shape index (κ1) is 13.0. The number of rotatable bonds is 7. The number of hydrogen-bond donors (Lipinski definition) is 1. The number of para-hydroxylation sites is 1. The molecule has 0 spiro atoms. The molecule has 0 aromatic heterocycles. The van der Waals surface area contributed by atoms with Crippen LogP contribution in [0.25, 0.3) is 0 Å². The van der Waals surface area contributed by atoms with Crippen LogP contribution in [0.5, 0.6) is 0 Å². The summed E-state index contributed by atoms with van der Waals surface area (Å²) in [6.07, 6.45) is 2.68. The van der Waals surface area contributed by atoms with Crippen molar-refractivity contribution in [1.29, 1.82) is 0 Å². The molecule has 1 aromatic carbocycles. The van der Waals surface area contributed by atoms with E-state index in [9.17, 15) is 5.11 Å². The molecule has 1 atom stereocenters. The van der Waals surface area contributed by atoms with E-state index in [0.29, 0.717) is 0 Å². The van der Waals surface area contributed by atoms with Gasteiger partial charge in [0.25, 0.3) is 0 Å². The highest BCUT2D eigenvalue weighted by Crippen LogP contribution is 2.14. The summed E-state index contributed by atoms with van der Waals surface area (Å²) < 4.78 is 0. The standard InChI is InChI=1S/C14H23NO/c1-3-14(16)11-8-12-15(4-2)13-9-6-5-7-10-13/h5-7,9-10,14,16H,3-4,8,11-12H2,1-2H3. The van der Waals surface area contributed by atoms with E-state index in [2.05, 4.69) is 36.1 Å². The Hall–Kier alpha value is -1.02. The molecule has 0 saturated carbocycles. The Morgan fingerprint density at radius 1 is 1.19 bits per heavy atom. The lowest BCUT2D eigenvalue weighted by molar-refractivity contribution is 0.158. The van der Waals surface area contributed by atoms with Crippen molar-refractivity contribution in [3.63, 3.8) is 0 Å². The Labute approximate surface area is 98.9 Å². The lowest BCUT2D eigenvalue weighted by Crippen LogP contribution is -2.24. The van der Waals surface area contributed by atoms with Gasteiger partial charge in [-0.05, 0) is 38.3 Å². The molecule has 0 heterocycles. The van der Waals surface area contributed by atoms with Crippen LogP contribution in [-0.2, 0) is 0 Å². The molecule has 1 rings (SSSR count). The molecule has 0 aliphatic carbocycles. The minimum absolute atomic E-state index is 0.130. The average molecular weight is 221 g/mol. The maximum Gasteiger partial charge on any atom is 0.0538 e. The summed E-state index contributed by atoms with van der Waals surface area (Å²) in [6.45, 7) is 6.24. The fourth-order valence-corrected chi connectivity index (χ4v) is 1.83. The van der Waals surface area contributed by atoms with Crippen LogP contribution in [0.3, 0.4) is 0 Å². The molecule has 2 nitrogen and oxygen atoms in total. The highest BCUT2D eigenvalue weighted by molar-refractivity contribution is 5.45. The second-order valence-corrected chi connectivity index (χ2v) is 4.12. The van der Waals surface area contributed by atoms with Crippen LogP contribution in [0.4, 0.5) is 5.69 Å². The smallest absolute Gasteiger partial charge is 0.0538 e. The van der Waals surface area contributed by atoms with Crippen LogP contribution in [0.2, 0.25) is 0 Å². The van der Waals surface area contributed by atoms with Crippen molar-refractivity contribution in [3.8, 4) is 0 Å². The van der Waals surface area contributed by atoms with Gasteiger partial charge in [-0.2, -0.15) is 0 Å². The van der Waals surface area contributed by atoms with Crippen LogP contribution in [0.1, 0.15) is 33.1 Å². The van der Waals surface area contributed by atoms with Gasteiger partial charge < -0.3 is 10.0 Å². The van der Waals surface area contributed by atoms with Crippen LogP contribution in [-0.4, -0.2) is 24.3 Å². The predicted molar refractivity (Wildman–Crippen MR) is 69.9 cm³/mol. The lowest BCUT2D eigenvalue weighted by atomic mass is 10.1. The molecule has 16 heavy (non-hydrogen) atoms. The van der Waals surface area contributed by atoms with Gasteiger partial charge in [-0.3, -0.25) is 0 Å². The molecule has 0 aliphatic heterocycles. The summed E-state index contributed by atoms with van der Waals surface area (Å²) in [5.41, 5.74) is 1.27. The van der Waals surface area contributed by atoms with E-state index >= 15 is 0 Å². The first-order valence-electron chi connectivity index (χ1n) is 6.26. The van der Waals surface area contributed by atoms with Crippen LogP contribution in [0, 0.1) is 0 Å². The van der Waals surface area contributed by atoms with E-state index in [-0.39, 0.29) is 6.10 Å². The molecular formula is C14H23NO. The van der Waals surface area contributed by atoms with Gasteiger partial charge in [0.05, 0.1) is 6.10 Å². The van der Waals surface area contributed by atoms with Gasteiger partial charge in [0.1, 0.15) is 0 Å². The van der Waals surface area contributed by atoms with E-state index < -0.39 is 0 Å². The van der Waals surface area contributed by atoms with E-state index in [0.717, 1.165) is 32.4 Å². The largest absolute Gasteiger partial charge is 0.393 e. The van der Waals surface area contributed by atoms with Gasteiger partial charge in [-0.1, -0.05) is 25.1 Å². The summed E-state index contributed by atoms with van der Waals surface area (Å²) in [6, 6.07) is 10.5. The maximum absolute atomic E-state index is 9.50. The summed E-state index contributed by atoms with van der Waals surface area (Å²) >= 11 is 0. The maximum atomic E-state index is 9.50. The van der Waals surface area contributed by atoms with Crippen molar-refractivity contribution in [3.05, 3.63) is 30.3 Å². The first-order chi connectivity index (χ1) is 7.77. The second kappa shape index (κ2) is 7.29. The van der Waals surface area contributed by atoms with Crippen LogP contribution in [0.15, 0.2) is 30.3 Å². The zero-order valence-electron chi connectivity index (χ0n) is 10.4. The number of hydrogen-bond acceptors (Lipinski definition) is 2. The molecule has 0 aliphatic rings. The molecule has 1 unspecified atom stereocenters. The molecule has 0 amide bonds. The zero-order chi connectivity index (χ0) is 11.8.